The van der Waals surface area contributed by atoms with Crippen LogP contribution in [0.5, 0.6) is 0 Å². The first-order valence-electron chi connectivity index (χ1n) is 5.60. The van der Waals surface area contributed by atoms with Gasteiger partial charge in [0.2, 0.25) is 0 Å². The molecule has 0 radical (unpaired) electrons. The fourth-order valence-corrected chi connectivity index (χ4v) is 2.08. The summed E-state index contributed by atoms with van der Waals surface area (Å²) in [7, 11) is 1.73. The number of methoxy groups -OCH3 is 1. The first-order valence-corrected chi connectivity index (χ1v) is 6.48. The molecule has 16 heavy (non-hydrogen) atoms. The molecule has 1 rings (SSSR count). The Labute approximate surface area is 101 Å². The van der Waals surface area contributed by atoms with E-state index < -0.39 is 0 Å². The van der Waals surface area contributed by atoms with Gasteiger partial charge < -0.3 is 10.5 Å². The molecule has 5 heteroatoms. The van der Waals surface area contributed by atoms with E-state index in [4.69, 9.17) is 10.5 Å². The highest BCUT2D eigenvalue weighted by atomic mass is 32.1. The third kappa shape index (κ3) is 4.08. The lowest BCUT2D eigenvalue weighted by molar-refractivity contribution is 0.117. The van der Waals surface area contributed by atoms with Gasteiger partial charge in [0.15, 0.2) is 5.13 Å². The molecule has 0 aliphatic carbocycles. The highest BCUT2D eigenvalue weighted by Crippen LogP contribution is 2.15. The summed E-state index contributed by atoms with van der Waals surface area (Å²) < 4.78 is 5.13. The summed E-state index contributed by atoms with van der Waals surface area (Å²) in [6, 6.07) is 0.540. The summed E-state index contributed by atoms with van der Waals surface area (Å²) in [5.41, 5.74) is 6.68. The Morgan fingerprint density at radius 1 is 1.62 bits per heavy atom. The maximum Gasteiger partial charge on any atom is 0.180 e. The van der Waals surface area contributed by atoms with Crippen LogP contribution >= 0.6 is 11.3 Å². The van der Waals surface area contributed by atoms with Gasteiger partial charge in [-0.2, -0.15) is 0 Å². The third-order valence-electron chi connectivity index (χ3n) is 2.73. The number of anilines is 1. The average Bonchev–Trinajstić information content (AvgIpc) is 2.69. The van der Waals surface area contributed by atoms with E-state index in [1.54, 1.807) is 7.11 Å². The highest BCUT2D eigenvalue weighted by Gasteiger charge is 2.13. The second-order valence-electron chi connectivity index (χ2n) is 3.90. The predicted octanol–water partition coefficient (Wildman–Crippen LogP) is 1.97. The normalized spacial score (nSPS) is 13.2. The Morgan fingerprint density at radius 3 is 2.88 bits per heavy atom. The summed E-state index contributed by atoms with van der Waals surface area (Å²) in [5, 5.41) is 2.67. The molecule has 0 saturated carbocycles. The molecule has 0 spiro atoms. The van der Waals surface area contributed by atoms with Gasteiger partial charge in [-0.05, 0) is 13.3 Å². The lowest BCUT2D eigenvalue weighted by atomic mass is 10.2. The van der Waals surface area contributed by atoms with Crippen LogP contribution in [-0.2, 0) is 11.3 Å². The molecule has 0 amide bonds. The van der Waals surface area contributed by atoms with Crippen LogP contribution in [0.4, 0.5) is 5.13 Å². The standard InChI is InChI=1S/C11H21N3OS/c1-4-9(2)14(5-6-15-3)7-10-8-16-11(12)13-10/h8-9H,4-7H2,1-3H3,(H2,12,13). The molecule has 1 heterocycles. The van der Waals surface area contributed by atoms with Crippen molar-refractivity contribution in [2.45, 2.75) is 32.9 Å². The smallest absolute Gasteiger partial charge is 0.180 e. The number of hydrogen-bond acceptors (Lipinski definition) is 5. The monoisotopic (exact) mass is 243 g/mol. The van der Waals surface area contributed by atoms with Gasteiger partial charge >= 0.3 is 0 Å². The number of rotatable bonds is 7. The third-order valence-corrected chi connectivity index (χ3v) is 3.45. The van der Waals surface area contributed by atoms with Crippen molar-refractivity contribution in [1.82, 2.24) is 9.88 Å². The summed E-state index contributed by atoms with van der Waals surface area (Å²) in [5.74, 6) is 0. The number of nitrogens with two attached hydrogens (primary N) is 1. The number of nitrogen functional groups attached to an aromatic ring is 1. The molecule has 0 aliphatic rings. The summed E-state index contributed by atoms with van der Waals surface area (Å²) in [6.45, 7) is 6.96. The van der Waals surface area contributed by atoms with Gasteiger partial charge in [-0.25, -0.2) is 4.98 Å². The zero-order valence-corrected chi connectivity index (χ0v) is 11.1. The molecule has 0 saturated heterocycles. The van der Waals surface area contributed by atoms with Crippen LogP contribution in [0, 0.1) is 0 Å². The Hall–Kier alpha value is -0.650. The minimum Gasteiger partial charge on any atom is -0.383 e. The Kier molecular flexibility index (Phi) is 5.73. The second-order valence-corrected chi connectivity index (χ2v) is 4.79. The van der Waals surface area contributed by atoms with Crippen molar-refractivity contribution in [3.05, 3.63) is 11.1 Å². The van der Waals surface area contributed by atoms with E-state index in [0.717, 1.165) is 31.8 Å². The van der Waals surface area contributed by atoms with Crippen molar-refractivity contribution in [2.24, 2.45) is 0 Å². The molecule has 4 nitrogen and oxygen atoms in total. The Bertz CT molecular complexity index is 303. The van der Waals surface area contributed by atoms with E-state index in [1.807, 2.05) is 5.38 Å². The van der Waals surface area contributed by atoms with Crippen molar-refractivity contribution in [1.29, 1.82) is 0 Å². The molecular formula is C11H21N3OS. The van der Waals surface area contributed by atoms with Crippen LogP contribution in [0.15, 0.2) is 5.38 Å². The first-order chi connectivity index (χ1) is 7.67. The van der Waals surface area contributed by atoms with Gasteiger partial charge in [-0.1, -0.05) is 6.92 Å². The van der Waals surface area contributed by atoms with E-state index in [9.17, 15) is 0 Å². The molecule has 0 aromatic carbocycles. The summed E-state index contributed by atoms with van der Waals surface area (Å²) >= 11 is 1.50. The second kappa shape index (κ2) is 6.83. The largest absolute Gasteiger partial charge is 0.383 e. The van der Waals surface area contributed by atoms with Crippen molar-refractivity contribution in [3.63, 3.8) is 0 Å². The van der Waals surface area contributed by atoms with Crippen LogP contribution in [0.3, 0.4) is 0 Å². The maximum absolute atomic E-state index is 5.63. The average molecular weight is 243 g/mol. The molecule has 0 fully saturated rings. The van der Waals surface area contributed by atoms with Crippen LogP contribution in [0.1, 0.15) is 26.0 Å². The van der Waals surface area contributed by atoms with Crippen molar-refractivity contribution in [3.8, 4) is 0 Å². The summed E-state index contributed by atoms with van der Waals surface area (Å²) in [4.78, 5) is 6.66. The van der Waals surface area contributed by atoms with Gasteiger partial charge in [-0.15, -0.1) is 11.3 Å². The zero-order valence-electron chi connectivity index (χ0n) is 10.3. The van der Waals surface area contributed by atoms with E-state index >= 15 is 0 Å². The quantitative estimate of drug-likeness (QED) is 0.795. The minimum absolute atomic E-state index is 0.540. The number of thiazole rings is 1. The highest BCUT2D eigenvalue weighted by molar-refractivity contribution is 7.13. The molecule has 1 atom stereocenters. The van der Waals surface area contributed by atoms with Gasteiger partial charge in [-0.3, -0.25) is 4.90 Å². The minimum atomic E-state index is 0.540. The number of ether oxygens (including phenoxy) is 1. The van der Waals surface area contributed by atoms with Gasteiger partial charge in [0.25, 0.3) is 0 Å². The fourth-order valence-electron chi connectivity index (χ4n) is 1.53. The van der Waals surface area contributed by atoms with Crippen LogP contribution in [0.25, 0.3) is 0 Å². The van der Waals surface area contributed by atoms with Crippen molar-refractivity contribution < 1.29 is 4.74 Å². The molecule has 0 aliphatic heterocycles. The molecule has 0 bridgehead atoms. The molecule has 2 N–H and O–H groups in total. The Balaban J connectivity index is 2.55. The number of aromatic nitrogens is 1. The molecule has 92 valence electrons. The molecule has 1 aromatic rings. The Morgan fingerprint density at radius 2 is 2.38 bits per heavy atom. The number of hydrogen-bond donors (Lipinski definition) is 1. The fraction of sp³-hybridized carbons (Fsp3) is 0.727. The van der Waals surface area contributed by atoms with E-state index in [0.29, 0.717) is 11.2 Å². The van der Waals surface area contributed by atoms with E-state index in [1.165, 1.54) is 11.3 Å². The topological polar surface area (TPSA) is 51.4 Å². The van der Waals surface area contributed by atoms with Crippen LogP contribution < -0.4 is 5.73 Å². The number of nitrogens with zero attached hydrogens (tertiary/aromatic N) is 2. The van der Waals surface area contributed by atoms with Gasteiger partial charge in [0, 0.05) is 31.6 Å². The summed E-state index contributed by atoms with van der Waals surface area (Å²) in [6.07, 6.45) is 1.13. The van der Waals surface area contributed by atoms with E-state index in [-0.39, 0.29) is 0 Å². The van der Waals surface area contributed by atoms with Crippen LogP contribution in [-0.4, -0.2) is 36.2 Å². The molecular weight excluding hydrogens is 222 g/mol. The van der Waals surface area contributed by atoms with Crippen molar-refractivity contribution >= 4 is 16.5 Å². The van der Waals surface area contributed by atoms with Crippen LogP contribution in [0.2, 0.25) is 0 Å². The maximum atomic E-state index is 5.63. The zero-order chi connectivity index (χ0) is 12.0. The lowest BCUT2D eigenvalue weighted by Crippen LogP contribution is -2.34. The predicted molar refractivity (Wildman–Crippen MR) is 68.6 cm³/mol. The lowest BCUT2D eigenvalue weighted by Gasteiger charge is -2.27. The van der Waals surface area contributed by atoms with Crippen molar-refractivity contribution in [2.75, 3.05) is 26.0 Å². The molecule has 1 aromatic heterocycles. The van der Waals surface area contributed by atoms with Gasteiger partial charge in [0.1, 0.15) is 0 Å². The van der Waals surface area contributed by atoms with E-state index in [2.05, 4.69) is 23.7 Å². The SMILES string of the molecule is CCC(C)N(CCOC)Cc1csc(N)n1. The van der Waals surface area contributed by atoms with Gasteiger partial charge in [0.05, 0.1) is 12.3 Å². The first kappa shape index (κ1) is 13.4. The molecule has 1 unspecified atom stereocenters.